The van der Waals surface area contributed by atoms with Crippen LogP contribution in [0.5, 0.6) is 0 Å². The van der Waals surface area contributed by atoms with Gasteiger partial charge in [-0.3, -0.25) is 4.79 Å². The number of benzene rings is 1. The first kappa shape index (κ1) is 15.9. The van der Waals surface area contributed by atoms with Crippen LogP contribution in [0.1, 0.15) is 42.6 Å². The molecule has 0 fully saturated rings. The van der Waals surface area contributed by atoms with Gasteiger partial charge in [0.05, 0.1) is 6.26 Å². The van der Waals surface area contributed by atoms with Crippen LogP contribution in [0.3, 0.4) is 0 Å². The summed E-state index contributed by atoms with van der Waals surface area (Å²) in [4.78, 5) is 14.4. The lowest BCUT2D eigenvalue weighted by atomic mass is 10.1. The van der Waals surface area contributed by atoms with Crippen molar-refractivity contribution in [3.8, 4) is 0 Å². The van der Waals surface area contributed by atoms with E-state index in [9.17, 15) is 4.79 Å². The molecule has 1 aliphatic rings. The number of furan rings is 1. The number of fused-ring (bicyclic) bond motifs is 1. The molecule has 0 aliphatic carbocycles. The highest BCUT2D eigenvalue weighted by Gasteiger charge is 2.19. The Kier molecular flexibility index (Phi) is 5.51. The standard InChI is InChI=1S/C20H25NO2/c22-20(10-6-2-5-9-17-7-3-1-4-8-17)21-14-11-18-13-16-23-19(18)12-15-21/h1,3-4,7-8,13,16H,2,5-6,9-12,14-15H2. The zero-order valence-corrected chi connectivity index (χ0v) is 13.7. The Morgan fingerprint density at radius 2 is 1.83 bits per heavy atom. The summed E-state index contributed by atoms with van der Waals surface area (Å²) < 4.78 is 5.48. The fraction of sp³-hybridized carbons (Fsp3) is 0.450. The number of carbonyl (C=O) groups excluding carboxylic acids is 1. The predicted molar refractivity (Wildman–Crippen MR) is 91.3 cm³/mol. The number of hydrogen-bond acceptors (Lipinski definition) is 2. The van der Waals surface area contributed by atoms with E-state index in [2.05, 4.69) is 30.3 Å². The molecule has 0 N–H and O–H groups in total. The Labute approximate surface area is 138 Å². The quantitative estimate of drug-likeness (QED) is 0.755. The Balaban J connectivity index is 1.34. The van der Waals surface area contributed by atoms with Crippen LogP contribution in [0.25, 0.3) is 0 Å². The molecule has 0 saturated carbocycles. The summed E-state index contributed by atoms with van der Waals surface area (Å²) >= 11 is 0. The van der Waals surface area contributed by atoms with Gasteiger partial charge in [0.1, 0.15) is 5.76 Å². The first-order valence-corrected chi connectivity index (χ1v) is 8.70. The summed E-state index contributed by atoms with van der Waals surface area (Å²) in [6.45, 7) is 1.62. The van der Waals surface area contributed by atoms with Crippen molar-refractivity contribution in [2.45, 2.75) is 44.9 Å². The fourth-order valence-electron chi connectivity index (χ4n) is 3.25. The van der Waals surface area contributed by atoms with Crippen molar-refractivity contribution in [1.29, 1.82) is 0 Å². The van der Waals surface area contributed by atoms with Gasteiger partial charge in [-0.25, -0.2) is 0 Å². The SMILES string of the molecule is O=C(CCCCCc1ccccc1)N1CCc2ccoc2CC1. The lowest BCUT2D eigenvalue weighted by molar-refractivity contribution is -0.131. The van der Waals surface area contributed by atoms with E-state index >= 15 is 0 Å². The number of rotatable bonds is 6. The van der Waals surface area contributed by atoms with Crippen LogP contribution in [0.4, 0.5) is 0 Å². The van der Waals surface area contributed by atoms with E-state index < -0.39 is 0 Å². The number of carbonyl (C=O) groups is 1. The van der Waals surface area contributed by atoms with Crippen molar-refractivity contribution in [2.75, 3.05) is 13.1 Å². The zero-order chi connectivity index (χ0) is 15.9. The van der Waals surface area contributed by atoms with Crippen LogP contribution in [0.2, 0.25) is 0 Å². The Bertz CT molecular complexity index is 595. The van der Waals surface area contributed by atoms with Crippen LogP contribution in [-0.4, -0.2) is 23.9 Å². The molecule has 0 radical (unpaired) electrons. The molecule has 0 unspecified atom stereocenters. The van der Waals surface area contributed by atoms with E-state index in [-0.39, 0.29) is 0 Å². The topological polar surface area (TPSA) is 33.5 Å². The maximum absolute atomic E-state index is 12.4. The molecule has 0 spiro atoms. The van der Waals surface area contributed by atoms with Gasteiger partial charge in [0.25, 0.3) is 0 Å². The van der Waals surface area contributed by atoms with Crippen LogP contribution in [-0.2, 0) is 24.1 Å². The molecular weight excluding hydrogens is 286 g/mol. The maximum Gasteiger partial charge on any atom is 0.222 e. The first-order valence-electron chi connectivity index (χ1n) is 8.70. The molecular formula is C20H25NO2. The second-order valence-electron chi connectivity index (χ2n) is 6.30. The smallest absolute Gasteiger partial charge is 0.222 e. The molecule has 2 heterocycles. The summed E-state index contributed by atoms with van der Waals surface area (Å²) in [5, 5.41) is 0. The highest BCUT2D eigenvalue weighted by Crippen LogP contribution is 2.18. The van der Waals surface area contributed by atoms with Gasteiger partial charge in [-0.15, -0.1) is 0 Å². The average molecular weight is 311 g/mol. The minimum atomic E-state index is 0.301. The number of unbranched alkanes of at least 4 members (excludes halogenated alkanes) is 2. The van der Waals surface area contributed by atoms with Gasteiger partial charge in [-0.05, 0) is 42.9 Å². The monoisotopic (exact) mass is 311 g/mol. The molecule has 0 bridgehead atoms. The van der Waals surface area contributed by atoms with Crippen molar-refractivity contribution in [3.63, 3.8) is 0 Å². The molecule has 1 aromatic heterocycles. The van der Waals surface area contributed by atoms with Gasteiger partial charge < -0.3 is 9.32 Å². The highest BCUT2D eigenvalue weighted by atomic mass is 16.3. The summed E-state index contributed by atoms with van der Waals surface area (Å²) in [6.07, 6.45) is 8.59. The molecule has 3 heteroatoms. The third kappa shape index (κ3) is 4.47. The molecule has 1 amide bonds. The minimum Gasteiger partial charge on any atom is -0.469 e. The van der Waals surface area contributed by atoms with E-state index in [1.165, 1.54) is 11.1 Å². The second kappa shape index (κ2) is 8.00. The number of nitrogens with zero attached hydrogens (tertiary/aromatic N) is 1. The van der Waals surface area contributed by atoms with Gasteiger partial charge in [-0.2, -0.15) is 0 Å². The number of hydrogen-bond donors (Lipinski definition) is 0. The highest BCUT2D eigenvalue weighted by molar-refractivity contribution is 5.76. The van der Waals surface area contributed by atoms with Crippen molar-refractivity contribution >= 4 is 5.91 Å². The summed E-state index contributed by atoms with van der Waals surface area (Å²) in [6, 6.07) is 12.6. The number of amides is 1. The number of aryl methyl sites for hydroxylation is 1. The molecule has 23 heavy (non-hydrogen) atoms. The van der Waals surface area contributed by atoms with Crippen molar-refractivity contribution in [1.82, 2.24) is 4.90 Å². The minimum absolute atomic E-state index is 0.301. The third-order valence-corrected chi connectivity index (χ3v) is 4.65. The van der Waals surface area contributed by atoms with Crippen LogP contribution >= 0.6 is 0 Å². The maximum atomic E-state index is 12.4. The van der Waals surface area contributed by atoms with Gasteiger partial charge >= 0.3 is 0 Å². The largest absolute Gasteiger partial charge is 0.469 e. The molecule has 0 atom stereocenters. The zero-order valence-electron chi connectivity index (χ0n) is 13.7. The summed E-state index contributed by atoms with van der Waals surface area (Å²) in [5.74, 6) is 1.36. The molecule has 1 aromatic carbocycles. The molecule has 1 aliphatic heterocycles. The second-order valence-corrected chi connectivity index (χ2v) is 6.30. The Morgan fingerprint density at radius 1 is 1.00 bits per heavy atom. The molecule has 0 saturated heterocycles. The molecule has 2 aromatic rings. The Hall–Kier alpha value is -2.03. The van der Waals surface area contributed by atoms with Crippen LogP contribution in [0, 0.1) is 0 Å². The molecule has 3 nitrogen and oxygen atoms in total. The average Bonchev–Trinajstić information content (AvgIpc) is 2.93. The van der Waals surface area contributed by atoms with Gasteiger partial charge in [0.15, 0.2) is 0 Å². The normalized spacial score (nSPS) is 14.3. The van der Waals surface area contributed by atoms with Gasteiger partial charge in [0, 0.05) is 25.9 Å². The van der Waals surface area contributed by atoms with E-state index in [4.69, 9.17) is 4.42 Å². The lowest BCUT2D eigenvalue weighted by Crippen LogP contribution is -2.33. The molecule has 122 valence electrons. The molecule has 3 rings (SSSR count). The van der Waals surface area contributed by atoms with E-state index in [0.717, 1.165) is 57.4 Å². The third-order valence-electron chi connectivity index (χ3n) is 4.65. The summed E-state index contributed by atoms with van der Waals surface area (Å²) in [5.41, 5.74) is 2.66. The van der Waals surface area contributed by atoms with Crippen molar-refractivity contribution < 1.29 is 9.21 Å². The van der Waals surface area contributed by atoms with E-state index in [1.807, 2.05) is 11.0 Å². The van der Waals surface area contributed by atoms with Crippen molar-refractivity contribution in [3.05, 3.63) is 59.5 Å². The van der Waals surface area contributed by atoms with Crippen molar-refractivity contribution in [2.24, 2.45) is 0 Å². The Morgan fingerprint density at radius 3 is 2.70 bits per heavy atom. The van der Waals surface area contributed by atoms with E-state index in [1.54, 1.807) is 6.26 Å². The fourth-order valence-corrected chi connectivity index (χ4v) is 3.25. The van der Waals surface area contributed by atoms with Crippen LogP contribution < -0.4 is 0 Å². The van der Waals surface area contributed by atoms with Gasteiger partial charge in [-0.1, -0.05) is 36.8 Å². The first-order chi connectivity index (χ1) is 11.3. The lowest BCUT2D eigenvalue weighted by Gasteiger charge is -2.20. The van der Waals surface area contributed by atoms with Gasteiger partial charge in [0.2, 0.25) is 5.91 Å². The van der Waals surface area contributed by atoms with E-state index in [0.29, 0.717) is 12.3 Å². The van der Waals surface area contributed by atoms with Crippen LogP contribution in [0.15, 0.2) is 47.1 Å². The predicted octanol–water partition coefficient (Wildman–Crippen LogP) is 4.01. The summed E-state index contributed by atoms with van der Waals surface area (Å²) in [7, 11) is 0.